The lowest BCUT2D eigenvalue weighted by Crippen LogP contribution is -2.16. The zero-order valence-corrected chi connectivity index (χ0v) is 47.4. The normalized spacial score (nSPS) is 13.8. The zero-order chi connectivity index (χ0) is 51.8. The Balaban J connectivity index is 1.41. The molecule has 4 heterocycles. The largest absolute Gasteiger partial charge is 0.308 e. The van der Waals surface area contributed by atoms with Gasteiger partial charge in [-0.15, -0.1) is 0 Å². The first-order chi connectivity index (χ1) is 33.5. The molecule has 0 radical (unpaired) electrons. The summed E-state index contributed by atoms with van der Waals surface area (Å²) in [4.78, 5) is 0. The van der Waals surface area contributed by atoms with E-state index in [1.54, 1.807) is 0 Å². The molecular weight excluding hydrogens is 869 g/mol. The first-order valence-electron chi connectivity index (χ1n) is 27.4. The van der Waals surface area contributed by atoms with Crippen LogP contribution in [0.1, 0.15) is 207 Å². The van der Waals surface area contributed by atoms with Gasteiger partial charge in [-0.25, -0.2) is 0 Å². The fourth-order valence-electron chi connectivity index (χ4n) is 12.3. The highest BCUT2D eigenvalue weighted by Gasteiger charge is 2.33. The molecule has 0 saturated heterocycles. The van der Waals surface area contributed by atoms with Crippen molar-refractivity contribution in [1.29, 1.82) is 0 Å². The topological polar surface area (TPSA) is 8.82 Å². The van der Waals surface area contributed by atoms with Gasteiger partial charge in [-0.05, 0) is 148 Å². The molecule has 72 heavy (non-hydrogen) atoms. The molecule has 0 N–H and O–H groups in total. The fraction of sp³-hybridized carbons (Fsp3) is 0.400. The van der Waals surface area contributed by atoms with Crippen molar-refractivity contribution in [3.63, 3.8) is 0 Å². The average molecular weight is 949 g/mol. The maximum absolute atomic E-state index is 2.73. The molecule has 4 aromatic heterocycles. The standard InChI is InChI=1S/C70H80N2/c1-37(2)43-31-51(39(5)6)63-55(33-43)61-59-53-29-41(45-25-47(67(9,10)11)35-48(26-45)68(12,13)14)22-24-58(53)72-64-52(40(7)8)32-44(38(3)4)34-56(64)62(66(59)72)60-54-30-42(21-23-57(54)71(63)65(60)61)46-27-49(69(15,16)17)36-50(28-46)70(18,19)20/h21-40H,1-20H3. The van der Waals surface area contributed by atoms with E-state index < -0.39 is 0 Å². The molecule has 0 fully saturated rings. The van der Waals surface area contributed by atoms with Crippen LogP contribution in [0.5, 0.6) is 0 Å². The van der Waals surface area contributed by atoms with Crippen molar-refractivity contribution in [3.05, 3.63) is 142 Å². The molecular formula is C70H80N2. The highest BCUT2D eigenvalue weighted by Crippen LogP contribution is 2.55. The van der Waals surface area contributed by atoms with Crippen LogP contribution in [0, 0.1) is 0 Å². The van der Waals surface area contributed by atoms with Gasteiger partial charge in [0.1, 0.15) is 0 Å². The minimum atomic E-state index is 0.0126. The highest BCUT2D eigenvalue weighted by atomic mass is 14.9. The number of hydrogen-bond acceptors (Lipinski definition) is 0. The summed E-state index contributed by atoms with van der Waals surface area (Å²) in [5.74, 6) is 1.45. The Kier molecular flexibility index (Phi) is 10.6. The van der Waals surface area contributed by atoms with Gasteiger partial charge in [0, 0.05) is 43.1 Å². The van der Waals surface area contributed by atoms with Crippen molar-refractivity contribution < 1.29 is 0 Å². The second-order valence-electron chi connectivity index (χ2n) is 27.6. The second-order valence-corrected chi connectivity index (χ2v) is 27.6. The fourth-order valence-corrected chi connectivity index (χ4v) is 12.3. The number of hydrogen-bond donors (Lipinski definition) is 0. The number of benzene rings is 7. The third kappa shape index (κ3) is 7.22. The van der Waals surface area contributed by atoms with E-state index in [1.165, 1.54) is 143 Å². The number of aromatic nitrogens is 2. The van der Waals surface area contributed by atoms with Gasteiger partial charge < -0.3 is 8.80 Å². The van der Waals surface area contributed by atoms with Crippen molar-refractivity contribution in [3.8, 4) is 22.3 Å². The van der Waals surface area contributed by atoms with Crippen LogP contribution >= 0.6 is 0 Å². The Bertz CT molecular complexity index is 3670. The molecule has 0 spiro atoms. The number of nitrogens with zero attached hydrogens (tertiary/aromatic N) is 2. The van der Waals surface area contributed by atoms with Crippen LogP contribution < -0.4 is 0 Å². The summed E-state index contributed by atoms with van der Waals surface area (Å²) >= 11 is 0. The third-order valence-corrected chi connectivity index (χ3v) is 16.8. The van der Waals surface area contributed by atoms with Crippen molar-refractivity contribution >= 4 is 76.2 Å². The maximum atomic E-state index is 2.73. The van der Waals surface area contributed by atoms with Crippen LogP contribution in [0.25, 0.3) is 98.4 Å². The third-order valence-electron chi connectivity index (χ3n) is 16.8. The molecule has 11 aromatic rings. The van der Waals surface area contributed by atoms with Crippen LogP contribution in [-0.2, 0) is 21.7 Å². The second kappa shape index (κ2) is 15.8. The van der Waals surface area contributed by atoms with E-state index in [0.717, 1.165) is 0 Å². The van der Waals surface area contributed by atoms with Crippen LogP contribution in [0.15, 0.2) is 97.1 Å². The predicted octanol–water partition coefficient (Wildman–Crippen LogP) is 21.0. The summed E-state index contributed by atoms with van der Waals surface area (Å²) in [6, 6.07) is 40.0. The summed E-state index contributed by atoms with van der Waals surface area (Å²) < 4.78 is 5.45. The zero-order valence-electron chi connectivity index (χ0n) is 47.4. The molecule has 7 aromatic carbocycles. The van der Waals surface area contributed by atoms with Gasteiger partial charge in [-0.2, -0.15) is 0 Å². The van der Waals surface area contributed by atoms with E-state index in [-0.39, 0.29) is 21.7 Å². The van der Waals surface area contributed by atoms with E-state index in [2.05, 4.69) is 244 Å². The van der Waals surface area contributed by atoms with Crippen molar-refractivity contribution in [1.82, 2.24) is 8.80 Å². The molecule has 0 aliphatic heterocycles. The van der Waals surface area contributed by atoms with Crippen LogP contribution in [0.4, 0.5) is 0 Å². The Hall–Kier alpha value is -5.86. The van der Waals surface area contributed by atoms with Gasteiger partial charge in [-0.1, -0.05) is 199 Å². The first kappa shape index (κ1) is 48.4. The molecule has 0 bridgehead atoms. The molecule has 0 unspecified atom stereocenters. The lowest BCUT2D eigenvalue weighted by atomic mass is 9.79. The highest BCUT2D eigenvalue weighted by molar-refractivity contribution is 6.45. The monoisotopic (exact) mass is 949 g/mol. The van der Waals surface area contributed by atoms with E-state index in [1.807, 2.05) is 0 Å². The average Bonchev–Trinajstić information content (AvgIpc) is 4.02. The smallest absolute Gasteiger partial charge is 0.0634 e. The Morgan fingerprint density at radius 2 is 0.597 bits per heavy atom. The van der Waals surface area contributed by atoms with E-state index in [9.17, 15) is 0 Å². The molecule has 2 nitrogen and oxygen atoms in total. The van der Waals surface area contributed by atoms with Crippen LogP contribution in [-0.4, -0.2) is 8.80 Å². The lowest BCUT2D eigenvalue weighted by molar-refractivity contribution is 0.568. The molecule has 2 heteroatoms. The van der Waals surface area contributed by atoms with Gasteiger partial charge >= 0.3 is 0 Å². The molecule has 370 valence electrons. The quantitative estimate of drug-likeness (QED) is 0.157. The summed E-state index contributed by atoms with van der Waals surface area (Å²) in [7, 11) is 0. The summed E-state index contributed by atoms with van der Waals surface area (Å²) in [6.07, 6.45) is 0. The van der Waals surface area contributed by atoms with Gasteiger partial charge in [0.25, 0.3) is 0 Å². The molecule has 11 rings (SSSR count). The maximum Gasteiger partial charge on any atom is 0.0634 e. The van der Waals surface area contributed by atoms with E-state index >= 15 is 0 Å². The van der Waals surface area contributed by atoms with Gasteiger partial charge in [0.05, 0.1) is 33.1 Å². The van der Waals surface area contributed by atoms with Gasteiger partial charge in [0.2, 0.25) is 0 Å². The van der Waals surface area contributed by atoms with Crippen molar-refractivity contribution in [2.75, 3.05) is 0 Å². The summed E-state index contributed by atoms with van der Waals surface area (Å²) in [5.41, 5.74) is 24.5. The van der Waals surface area contributed by atoms with Crippen molar-refractivity contribution in [2.45, 2.75) is 184 Å². The van der Waals surface area contributed by atoms with E-state index in [0.29, 0.717) is 23.7 Å². The SMILES string of the molecule is CC(C)c1cc(C(C)C)c2c(c1)c1c3c4cc(-c5cc(C(C)(C)C)cc(C(C)(C)C)c5)ccc4n4c5c(C(C)C)cc(C(C)C)cc5c(c5c6cc(-c7cc(C(C)(C)C)cc(C(C)(C)C)c7)ccc6n2c51)c34. The molecule has 0 atom stereocenters. The molecule has 0 aliphatic rings. The first-order valence-corrected chi connectivity index (χ1v) is 27.4. The summed E-state index contributed by atoms with van der Waals surface area (Å²) in [6.45, 7) is 47.3. The van der Waals surface area contributed by atoms with Crippen LogP contribution in [0.3, 0.4) is 0 Å². The molecule has 0 aliphatic carbocycles. The summed E-state index contributed by atoms with van der Waals surface area (Å²) in [5, 5.41) is 11.0. The predicted molar refractivity (Wildman–Crippen MR) is 318 cm³/mol. The lowest BCUT2D eigenvalue weighted by Gasteiger charge is -2.26. The Morgan fingerprint density at radius 3 is 0.875 bits per heavy atom. The number of rotatable bonds is 6. The Morgan fingerprint density at radius 1 is 0.292 bits per heavy atom. The van der Waals surface area contributed by atoms with Crippen molar-refractivity contribution in [2.24, 2.45) is 0 Å². The van der Waals surface area contributed by atoms with Crippen LogP contribution in [0.2, 0.25) is 0 Å². The minimum Gasteiger partial charge on any atom is -0.308 e. The Labute approximate surface area is 430 Å². The molecule has 0 amide bonds. The minimum absolute atomic E-state index is 0.0126. The molecule has 0 saturated carbocycles. The van der Waals surface area contributed by atoms with E-state index in [4.69, 9.17) is 0 Å². The van der Waals surface area contributed by atoms with Gasteiger partial charge in [-0.3, -0.25) is 0 Å². The number of fused-ring (bicyclic) bond motifs is 14. The van der Waals surface area contributed by atoms with Gasteiger partial charge in [0.15, 0.2) is 0 Å².